The number of halogens is 2. The Balaban J connectivity index is 1.84. The van der Waals surface area contributed by atoms with Crippen molar-refractivity contribution >= 4 is 38.9 Å². The van der Waals surface area contributed by atoms with Gasteiger partial charge in [-0.15, -0.1) is 11.3 Å². The Morgan fingerprint density at radius 2 is 2.50 bits per heavy atom. The minimum Gasteiger partial charge on any atom is -0.388 e. The average molecular weight is 326 g/mol. The van der Waals surface area contributed by atoms with Crippen LogP contribution in [0.2, 0.25) is 5.02 Å². The molecule has 2 unspecified atom stereocenters. The quantitative estimate of drug-likeness (QED) is 0.901. The molecule has 1 fully saturated rings. The second-order valence-corrected chi connectivity index (χ2v) is 6.81. The van der Waals surface area contributed by atoms with Gasteiger partial charge in [0.1, 0.15) is 0 Å². The van der Waals surface area contributed by atoms with Crippen LogP contribution in [0.4, 0.5) is 0 Å². The maximum Gasteiger partial charge on any atom is 0.0888 e. The Kier molecular flexibility index (Phi) is 4.67. The smallest absolute Gasteiger partial charge is 0.0888 e. The van der Waals surface area contributed by atoms with E-state index in [9.17, 15) is 5.11 Å². The lowest BCUT2D eigenvalue weighted by atomic mass is 10.1. The van der Waals surface area contributed by atoms with Gasteiger partial charge in [-0.2, -0.15) is 0 Å². The van der Waals surface area contributed by atoms with Crippen molar-refractivity contribution in [2.75, 3.05) is 6.61 Å². The van der Waals surface area contributed by atoms with Crippen LogP contribution in [0.5, 0.6) is 0 Å². The Morgan fingerprint density at radius 1 is 1.69 bits per heavy atom. The fourth-order valence-corrected chi connectivity index (χ4v) is 3.65. The molecule has 0 saturated carbocycles. The van der Waals surface area contributed by atoms with Crippen molar-refractivity contribution < 1.29 is 9.84 Å². The molecule has 0 radical (unpaired) electrons. The second kappa shape index (κ2) is 5.83. The lowest BCUT2D eigenvalue weighted by Gasteiger charge is -2.12. The molecule has 90 valence electrons. The summed E-state index contributed by atoms with van der Waals surface area (Å²) in [5.74, 6) is 0. The van der Waals surface area contributed by atoms with Crippen molar-refractivity contribution in [3.05, 3.63) is 19.8 Å². The molecule has 2 atom stereocenters. The van der Waals surface area contributed by atoms with Gasteiger partial charge < -0.3 is 9.84 Å². The summed E-state index contributed by atoms with van der Waals surface area (Å²) >= 11 is 10.8. The third kappa shape index (κ3) is 3.20. The first-order valence-electron chi connectivity index (χ1n) is 5.41. The summed E-state index contributed by atoms with van der Waals surface area (Å²) < 4.78 is 6.41. The molecule has 2 heterocycles. The highest BCUT2D eigenvalue weighted by molar-refractivity contribution is 9.11. The normalized spacial score (nSPS) is 22.6. The molecule has 1 saturated heterocycles. The Bertz CT molecular complexity index is 330. The van der Waals surface area contributed by atoms with Crippen LogP contribution in [0.1, 0.15) is 36.7 Å². The van der Waals surface area contributed by atoms with Gasteiger partial charge in [0, 0.05) is 11.5 Å². The predicted octanol–water partition coefficient (Wildman–Crippen LogP) is 4.16. The van der Waals surface area contributed by atoms with Crippen molar-refractivity contribution in [1.82, 2.24) is 0 Å². The van der Waals surface area contributed by atoms with E-state index in [1.54, 1.807) is 0 Å². The van der Waals surface area contributed by atoms with Gasteiger partial charge in [0.15, 0.2) is 0 Å². The SMILES string of the molecule is OC(CCC1CCCO1)c1cc(Cl)c(Br)s1. The number of aliphatic hydroxyl groups excluding tert-OH is 1. The highest BCUT2D eigenvalue weighted by Crippen LogP contribution is 2.36. The zero-order chi connectivity index (χ0) is 11.5. The zero-order valence-corrected chi connectivity index (χ0v) is 11.9. The van der Waals surface area contributed by atoms with Crippen LogP contribution in [0.15, 0.2) is 9.85 Å². The molecule has 1 aliphatic rings. The molecule has 0 spiro atoms. The molecular weight excluding hydrogens is 312 g/mol. The summed E-state index contributed by atoms with van der Waals surface area (Å²) in [5.41, 5.74) is 0. The molecule has 1 aromatic rings. The fourth-order valence-electron chi connectivity index (χ4n) is 1.89. The van der Waals surface area contributed by atoms with E-state index in [-0.39, 0.29) is 0 Å². The van der Waals surface area contributed by atoms with Crippen LogP contribution in [-0.2, 0) is 4.74 Å². The largest absolute Gasteiger partial charge is 0.388 e. The predicted molar refractivity (Wildman–Crippen MR) is 70.2 cm³/mol. The van der Waals surface area contributed by atoms with Crippen LogP contribution in [-0.4, -0.2) is 17.8 Å². The van der Waals surface area contributed by atoms with E-state index in [2.05, 4.69) is 15.9 Å². The molecule has 0 bridgehead atoms. The first-order valence-corrected chi connectivity index (χ1v) is 7.40. The van der Waals surface area contributed by atoms with Crippen molar-refractivity contribution in [1.29, 1.82) is 0 Å². The third-order valence-corrected chi connectivity index (χ3v) is 5.35. The van der Waals surface area contributed by atoms with Gasteiger partial charge in [0.25, 0.3) is 0 Å². The van der Waals surface area contributed by atoms with E-state index in [0.717, 1.165) is 41.0 Å². The van der Waals surface area contributed by atoms with Gasteiger partial charge in [-0.05, 0) is 47.7 Å². The monoisotopic (exact) mass is 324 g/mol. The molecular formula is C11H14BrClO2S. The van der Waals surface area contributed by atoms with Crippen molar-refractivity contribution in [2.45, 2.75) is 37.9 Å². The lowest BCUT2D eigenvalue weighted by molar-refractivity contribution is 0.0820. The maximum absolute atomic E-state index is 9.99. The minimum absolute atomic E-state index is 0.341. The maximum atomic E-state index is 9.99. The molecule has 2 rings (SSSR count). The molecule has 1 N–H and O–H groups in total. The van der Waals surface area contributed by atoms with Gasteiger partial charge in [0.2, 0.25) is 0 Å². The number of ether oxygens (including phenoxy) is 1. The van der Waals surface area contributed by atoms with E-state index in [1.807, 2.05) is 6.07 Å². The number of hydrogen-bond acceptors (Lipinski definition) is 3. The average Bonchev–Trinajstić information content (AvgIpc) is 2.86. The Hall–Kier alpha value is 0.390. The summed E-state index contributed by atoms with van der Waals surface area (Å²) in [6.07, 6.45) is 3.87. The van der Waals surface area contributed by atoms with Crippen molar-refractivity contribution in [3.63, 3.8) is 0 Å². The molecule has 5 heteroatoms. The molecule has 16 heavy (non-hydrogen) atoms. The summed E-state index contributed by atoms with van der Waals surface area (Å²) in [7, 11) is 0. The zero-order valence-electron chi connectivity index (χ0n) is 8.79. The van der Waals surface area contributed by atoms with Crippen molar-refractivity contribution in [3.8, 4) is 0 Å². The fraction of sp³-hybridized carbons (Fsp3) is 0.636. The molecule has 2 nitrogen and oxygen atoms in total. The summed E-state index contributed by atoms with van der Waals surface area (Å²) in [6.45, 7) is 0.872. The van der Waals surface area contributed by atoms with Crippen LogP contribution >= 0.6 is 38.9 Å². The highest BCUT2D eigenvalue weighted by atomic mass is 79.9. The first kappa shape index (κ1) is 12.8. The Morgan fingerprint density at radius 3 is 3.06 bits per heavy atom. The number of thiophene rings is 1. The van der Waals surface area contributed by atoms with Gasteiger partial charge in [-0.1, -0.05) is 11.6 Å². The van der Waals surface area contributed by atoms with E-state index in [4.69, 9.17) is 16.3 Å². The number of hydrogen-bond donors (Lipinski definition) is 1. The van der Waals surface area contributed by atoms with Crippen molar-refractivity contribution in [2.24, 2.45) is 0 Å². The molecule has 1 aliphatic heterocycles. The Labute approximate surface area is 113 Å². The van der Waals surface area contributed by atoms with Gasteiger partial charge in [0.05, 0.1) is 21.0 Å². The highest BCUT2D eigenvalue weighted by Gasteiger charge is 2.19. The van der Waals surface area contributed by atoms with Gasteiger partial charge >= 0.3 is 0 Å². The van der Waals surface area contributed by atoms with E-state index >= 15 is 0 Å². The summed E-state index contributed by atoms with van der Waals surface area (Å²) in [4.78, 5) is 0.926. The number of rotatable bonds is 4. The van der Waals surface area contributed by atoms with Crippen LogP contribution < -0.4 is 0 Å². The van der Waals surface area contributed by atoms with E-state index in [0.29, 0.717) is 11.1 Å². The van der Waals surface area contributed by atoms with Crippen LogP contribution in [0.3, 0.4) is 0 Å². The molecule has 0 amide bonds. The molecule has 0 aliphatic carbocycles. The minimum atomic E-state index is -0.419. The van der Waals surface area contributed by atoms with E-state index in [1.165, 1.54) is 11.3 Å². The standard InChI is InChI=1S/C11H14BrClO2S/c12-11-8(13)6-10(16-11)9(14)4-3-7-2-1-5-15-7/h6-7,9,14H,1-5H2. The molecule has 1 aromatic heterocycles. The molecule has 0 aromatic carbocycles. The number of aliphatic hydroxyl groups is 1. The first-order chi connectivity index (χ1) is 7.66. The van der Waals surface area contributed by atoms with Crippen LogP contribution in [0, 0.1) is 0 Å². The summed E-state index contributed by atoms with van der Waals surface area (Å²) in [6, 6.07) is 1.83. The van der Waals surface area contributed by atoms with E-state index < -0.39 is 6.10 Å². The van der Waals surface area contributed by atoms with Gasteiger partial charge in [-0.3, -0.25) is 0 Å². The second-order valence-electron chi connectivity index (χ2n) is 4.00. The van der Waals surface area contributed by atoms with Gasteiger partial charge in [-0.25, -0.2) is 0 Å². The lowest BCUT2D eigenvalue weighted by Crippen LogP contribution is -2.07. The third-order valence-electron chi connectivity index (χ3n) is 2.78. The van der Waals surface area contributed by atoms with Crippen LogP contribution in [0.25, 0.3) is 0 Å². The summed E-state index contributed by atoms with van der Waals surface area (Å²) in [5, 5.41) is 10.7. The topological polar surface area (TPSA) is 29.5 Å².